The molecular weight excluding hydrogens is 354 g/mol. The van der Waals surface area contributed by atoms with Crippen LogP contribution in [0.1, 0.15) is 44.2 Å². The average Bonchev–Trinajstić information content (AvgIpc) is 2.72. The molecule has 0 spiro atoms. The maximum Gasteiger partial charge on any atom is 0.191 e. The van der Waals surface area contributed by atoms with Crippen molar-refractivity contribution >= 4 is 5.96 Å². The third-order valence-corrected chi connectivity index (χ3v) is 4.71. The summed E-state index contributed by atoms with van der Waals surface area (Å²) in [5, 5.41) is 6.71. The van der Waals surface area contributed by atoms with Crippen molar-refractivity contribution in [1.29, 1.82) is 0 Å². The SMILES string of the molecule is CN=C(NCCCOCC1CCOCC1)NCc1cccc(COC(C)C)c1. The highest BCUT2D eigenvalue weighted by Gasteiger charge is 2.13. The fraction of sp³-hybridized carbons (Fsp3) is 0.682. The Hall–Kier alpha value is -1.63. The number of rotatable bonds is 11. The predicted molar refractivity (Wildman–Crippen MR) is 114 cm³/mol. The zero-order chi connectivity index (χ0) is 20.0. The average molecular weight is 392 g/mol. The van der Waals surface area contributed by atoms with Crippen LogP contribution in [0.2, 0.25) is 0 Å². The third kappa shape index (κ3) is 9.53. The number of guanidine groups is 1. The molecule has 0 bridgehead atoms. The molecule has 1 saturated heterocycles. The molecule has 6 heteroatoms. The molecule has 0 unspecified atom stereocenters. The molecule has 158 valence electrons. The van der Waals surface area contributed by atoms with E-state index in [-0.39, 0.29) is 6.10 Å². The molecule has 0 atom stereocenters. The highest BCUT2D eigenvalue weighted by molar-refractivity contribution is 5.79. The third-order valence-electron chi connectivity index (χ3n) is 4.71. The molecule has 0 aromatic heterocycles. The Bertz CT molecular complexity index is 572. The Kier molecular flexibility index (Phi) is 10.9. The van der Waals surface area contributed by atoms with E-state index >= 15 is 0 Å². The van der Waals surface area contributed by atoms with Gasteiger partial charge in [-0.25, -0.2) is 0 Å². The van der Waals surface area contributed by atoms with Gasteiger partial charge in [0.2, 0.25) is 0 Å². The number of nitrogens with one attached hydrogen (secondary N) is 2. The van der Waals surface area contributed by atoms with Crippen molar-refractivity contribution in [2.24, 2.45) is 10.9 Å². The summed E-state index contributed by atoms with van der Waals surface area (Å²) in [6.07, 6.45) is 3.45. The maximum atomic E-state index is 5.80. The smallest absolute Gasteiger partial charge is 0.191 e. The first-order chi connectivity index (χ1) is 13.7. The Balaban J connectivity index is 1.58. The Morgan fingerprint density at radius 1 is 1.21 bits per heavy atom. The van der Waals surface area contributed by atoms with Crippen molar-refractivity contribution in [2.45, 2.75) is 52.4 Å². The van der Waals surface area contributed by atoms with Gasteiger partial charge in [-0.1, -0.05) is 24.3 Å². The summed E-state index contributed by atoms with van der Waals surface area (Å²) in [6.45, 7) is 9.72. The topological polar surface area (TPSA) is 64.1 Å². The van der Waals surface area contributed by atoms with E-state index in [0.29, 0.717) is 12.5 Å². The second-order valence-electron chi connectivity index (χ2n) is 7.52. The molecular formula is C22H37N3O3. The van der Waals surface area contributed by atoms with Gasteiger partial charge in [-0.15, -0.1) is 0 Å². The number of benzene rings is 1. The summed E-state index contributed by atoms with van der Waals surface area (Å²) in [4.78, 5) is 4.29. The molecule has 0 radical (unpaired) electrons. The molecule has 28 heavy (non-hydrogen) atoms. The molecule has 2 N–H and O–H groups in total. The van der Waals surface area contributed by atoms with Gasteiger partial charge in [0.05, 0.1) is 12.7 Å². The first-order valence-electron chi connectivity index (χ1n) is 10.5. The van der Waals surface area contributed by atoms with Crippen LogP contribution in [0.4, 0.5) is 0 Å². The highest BCUT2D eigenvalue weighted by Crippen LogP contribution is 2.14. The van der Waals surface area contributed by atoms with Gasteiger partial charge in [0.1, 0.15) is 0 Å². The lowest BCUT2D eigenvalue weighted by molar-refractivity contribution is 0.0203. The van der Waals surface area contributed by atoms with E-state index in [4.69, 9.17) is 14.2 Å². The monoisotopic (exact) mass is 391 g/mol. The van der Waals surface area contributed by atoms with Crippen molar-refractivity contribution < 1.29 is 14.2 Å². The first-order valence-corrected chi connectivity index (χ1v) is 10.5. The number of aliphatic imine (C=N–C) groups is 1. The summed E-state index contributed by atoms with van der Waals surface area (Å²) in [5.74, 6) is 1.48. The van der Waals surface area contributed by atoms with Gasteiger partial charge >= 0.3 is 0 Å². The number of hydrogen-bond acceptors (Lipinski definition) is 4. The second kappa shape index (κ2) is 13.5. The lowest BCUT2D eigenvalue weighted by Crippen LogP contribution is -2.37. The molecule has 0 amide bonds. The summed E-state index contributed by atoms with van der Waals surface area (Å²) in [5.41, 5.74) is 2.41. The van der Waals surface area contributed by atoms with Gasteiger partial charge in [0.15, 0.2) is 5.96 Å². The van der Waals surface area contributed by atoms with Crippen LogP contribution in [0.5, 0.6) is 0 Å². The molecule has 6 nitrogen and oxygen atoms in total. The van der Waals surface area contributed by atoms with Crippen LogP contribution in [0, 0.1) is 5.92 Å². The van der Waals surface area contributed by atoms with Crippen LogP contribution in [-0.4, -0.2) is 52.1 Å². The van der Waals surface area contributed by atoms with E-state index in [1.54, 1.807) is 7.05 Å². The minimum absolute atomic E-state index is 0.241. The molecule has 0 aliphatic carbocycles. The van der Waals surface area contributed by atoms with Gasteiger partial charge in [0.25, 0.3) is 0 Å². The quantitative estimate of drug-likeness (QED) is 0.345. The fourth-order valence-corrected chi connectivity index (χ4v) is 3.04. The van der Waals surface area contributed by atoms with E-state index < -0.39 is 0 Å². The summed E-state index contributed by atoms with van der Waals surface area (Å²) in [6, 6.07) is 8.46. The van der Waals surface area contributed by atoms with Crippen LogP contribution in [0.3, 0.4) is 0 Å². The van der Waals surface area contributed by atoms with Gasteiger partial charge in [-0.05, 0) is 50.2 Å². The molecule has 1 aliphatic rings. The zero-order valence-corrected chi connectivity index (χ0v) is 17.7. The van der Waals surface area contributed by atoms with Crippen LogP contribution in [-0.2, 0) is 27.4 Å². The van der Waals surface area contributed by atoms with Crippen molar-refractivity contribution in [3.63, 3.8) is 0 Å². The molecule has 1 fully saturated rings. The van der Waals surface area contributed by atoms with E-state index in [0.717, 1.165) is 64.7 Å². The van der Waals surface area contributed by atoms with Gasteiger partial charge < -0.3 is 24.8 Å². The van der Waals surface area contributed by atoms with Crippen LogP contribution < -0.4 is 10.6 Å². The fourth-order valence-electron chi connectivity index (χ4n) is 3.04. The number of nitrogens with zero attached hydrogens (tertiary/aromatic N) is 1. The van der Waals surface area contributed by atoms with E-state index in [9.17, 15) is 0 Å². The van der Waals surface area contributed by atoms with E-state index in [2.05, 4.69) is 53.7 Å². The Morgan fingerprint density at radius 3 is 2.75 bits per heavy atom. The lowest BCUT2D eigenvalue weighted by atomic mass is 10.0. The largest absolute Gasteiger partial charge is 0.381 e. The summed E-state index contributed by atoms with van der Waals surface area (Å²) < 4.78 is 16.9. The highest BCUT2D eigenvalue weighted by atomic mass is 16.5. The first kappa shape index (κ1) is 22.7. The standard InChI is InChI=1S/C22H37N3O3/c1-18(2)28-17-21-7-4-6-20(14-21)15-25-22(23-3)24-10-5-11-27-16-19-8-12-26-13-9-19/h4,6-7,14,18-19H,5,8-13,15-17H2,1-3H3,(H2,23,24,25). The normalized spacial score (nSPS) is 15.8. The van der Waals surface area contributed by atoms with E-state index in [1.165, 1.54) is 11.1 Å². The minimum atomic E-state index is 0.241. The summed E-state index contributed by atoms with van der Waals surface area (Å²) >= 11 is 0. The van der Waals surface area contributed by atoms with Crippen molar-refractivity contribution in [1.82, 2.24) is 10.6 Å². The Morgan fingerprint density at radius 2 is 2.00 bits per heavy atom. The molecule has 1 aliphatic heterocycles. The zero-order valence-electron chi connectivity index (χ0n) is 17.7. The number of ether oxygens (including phenoxy) is 3. The molecule has 2 rings (SSSR count). The molecule has 1 aromatic carbocycles. The van der Waals surface area contributed by atoms with Crippen molar-refractivity contribution in [3.05, 3.63) is 35.4 Å². The lowest BCUT2D eigenvalue weighted by Gasteiger charge is -2.21. The van der Waals surface area contributed by atoms with Gasteiger partial charge in [0, 0.05) is 46.6 Å². The summed E-state index contributed by atoms with van der Waals surface area (Å²) in [7, 11) is 1.80. The van der Waals surface area contributed by atoms with Gasteiger partial charge in [-0.3, -0.25) is 4.99 Å². The van der Waals surface area contributed by atoms with Gasteiger partial charge in [-0.2, -0.15) is 0 Å². The minimum Gasteiger partial charge on any atom is -0.381 e. The predicted octanol–water partition coefficient (Wildman–Crippen LogP) is 3.11. The number of hydrogen-bond donors (Lipinski definition) is 2. The Labute approximate surface area is 170 Å². The molecule has 1 heterocycles. The van der Waals surface area contributed by atoms with Crippen LogP contribution >= 0.6 is 0 Å². The van der Waals surface area contributed by atoms with Crippen molar-refractivity contribution in [3.8, 4) is 0 Å². The molecule has 0 saturated carbocycles. The second-order valence-corrected chi connectivity index (χ2v) is 7.52. The van der Waals surface area contributed by atoms with Crippen LogP contribution in [0.15, 0.2) is 29.3 Å². The van der Waals surface area contributed by atoms with Crippen LogP contribution in [0.25, 0.3) is 0 Å². The molecule has 1 aromatic rings. The van der Waals surface area contributed by atoms with Crippen molar-refractivity contribution in [2.75, 3.05) is 40.0 Å². The maximum absolute atomic E-state index is 5.80. The van der Waals surface area contributed by atoms with E-state index in [1.807, 2.05) is 0 Å².